The topological polar surface area (TPSA) is 64.6 Å². The number of rotatable bonds is 5. The fourth-order valence-electron chi connectivity index (χ4n) is 0.354. The number of hydrogen-bond donors (Lipinski definition) is 1. The first-order valence-electron chi connectivity index (χ1n) is 4.39. The second kappa shape index (κ2) is 5.59. The third-order valence-electron chi connectivity index (χ3n) is 0.940. The minimum atomic E-state index is -3.33. The van der Waals surface area contributed by atoms with Crippen molar-refractivity contribution in [1.29, 1.82) is 0 Å². The van der Waals surface area contributed by atoms with Gasteiger partial charge in [-0.3, -0.25) is 4.79 Å². The van der Waals surface area contributed by atoms with Crippen LogP contribution < -0.4 is 5.32 Å². The second-order valence-electron chi connectivity index (χ2n) is 1.63. The van der Waals surface area contributed by atoms with Crippen molar-refractivity contribution in [3.05, 3.63) is 0 Å². The highest BCUT2D eigenvalue weighted by atomic mass is 32.7. The van der Waals surface area contributed by atoms with Crippen molar-refractivity contribution in [3.63, 3.8) is 0 Å². The first kappa shape index (κ1) is 7.38. The normalized spacial score (nSPS) is 16.0. The molecular weight excluding hydrogens is 201 g/mol. The highest BCUT2D eigenvalue weighted by molar-refractivity contribution is 8.55. The van der Waals surface area contributed by atoms with E-state index in [-0.39, 0.29) is 5.75 Å². The lowest BCUT2D eigenvalue weighted by Crippen LogP contribution is -2.19. The molecule has 0 aliphatic heterocycles. The number of amides is 1. The highest BCUT2D eigenvalue weighted by Crippen LogP contribution is 2.59. The summed E-state index contributed by atoms with van der Waals surface area (Å²) >= 11 is 0.622. The van der Waals surface area contributed by atoms with Crippen molar-refractivity contribution in [2.24, 2.45) is 0 Å². The van der Waals surface area contributed by atoms with Gasteiger partial charge in [-0.05, 0) is 11.4 Å². The van der Waals surface area contributed by atoms with Crippen LogP contribution in [0.4, 0.5) is 0 Å². The average molecular weight is 216 g/mol. The highest BCUT2D eigenvalue weighted by Gasteiger charge is 2.22. The lowest BCUT2D eigenvalue weighted by Gasteiger charge is -2.11. The van der Waals surface area contributed by atoms with Crippen LogP contribution in [0.5, 0.6) is 0 Å². The zero-order valence-corrected chi connectivity index (χ0v) is 8.41. The molecule has 5 nitrogen and oxygen atoms in total. The quantitative estimate of drug-likeness (QED) is 0.691. The van der Waals surface area contributed by atoms with E-state index in [1.54, 1.807) is 5.32 Å². The zero-order valence-electron chi connectivity index (χ0n) is 9.70. The Morgan fingerprint density at radius 2 is 2.25 bits per heavy atom. The van der Waals surface area contributed by atoms with Crippen LogP contribution in [0.15, 0.2) is 0 Å². The maximum absolute atomic E-state index is 11.4. The summed E-state index contributed by atoms with van der Waals surface area (Å²) in [5.41, 5.74) is 0. The molecule has 0 aromatic carbocycles. The third-order valence-corrected chi connectivity index (χ3v) is 4.77. The Morgan fingerprint density at radius 3 is 2.67 bits per heavy atom. The number of carbonyl (C=O) groups is 1. The van der Waals surface area contributed by atoms with Crippen LogP contribution in [0.3, 0.4) is 0 Å². The molecule has 0 aromatic rings. The summed E-state index contributed by atoms with van der Waals surface area (Å²) < 4.78 is 40.7. The SMILES string of the molecule is [2H]C([2H])([2H])NC(=O)CSP(=O)(OC)OC. The van der Waals surface area contributed by atoms with Crippen LogP contribution >= 0.6 is 18.2 Å². The summed E-state index contributed by atoms with van der Waals surface area (Å²) in [4.78, 5) is 11.0. The Balaban J connectivity index is 4.06. The monoisotopic (exact) mass is 216 g/mol. The molecule has 0 aromatic heterocycles. The molecule has 72 valence electrons. The van der Waals surface area contributed by atoms with Crippen molar-refractivity contribution in [2.45, 2.75) is 0 Å². The summed E-state index contributed by atoms with van der Waals surface area (Å²) in [6.07, 6.45) is 0. The van der Waals surface area contributed by atoms with Gasteiger partial charge in [0, 0.05) is 25.3 Å². The molecule has 0 saturated carbocycles. The average Bonchev–Trinajstić information content (AvgIpc) is 2.12. The molecular formula is C5H12NO4PS. The fraction of sp³-hybridized carbons (Fsp3) is 0.800. The molecule has 0 saturated heterocycles. The predicted octanol–water partition coefficient (Wildman–Crippen LogP) is 0.866. The van der Waals surface area contributed by atoms with Crippen molar-refractivity contribution < 1.29 is 22.5 Å². The standard InChI is InChI=1S/C5H12NO4PS/c1-6-5(7)4-12-11(8,9-2)10-3/h4H2,1-3H3,(H,6,7)/i1D3. The third kappa shape index (κ3) is 4.11. The van der Waals surface area contributed by atoms with Crippen molar-refractivity contribution in [1.82, 2.24) is 5.32 Å². The lowest BCUT2D eigenvalue weighted by molar-refractivity contribution is -0.118. The summed E-state index contributed by atoms with van der Waals surface area (Å²) in [6, 6.07) is 0. The molecule has 0 fully saturated rings. The molecule has 0 rings (SSSR count). The molecule has 7 heteroatoms. The van der Waals surface area contributed by atoms with E-state index in [4.69, 9.17) is 4.11 Å². The molecule has 0 radical (unpaired) electrons. The van der Waals surface area contributed by atoms with Gasteiger partial charge in [-0.25, -0.2) is 4.57 Å². The van der Waals surface area contributed by atoms with Crippen molar-refractivity contribution >= 4 is 24.1 Å². The van der Waals surface area contributed by atoms with E-state index in [2.05, 4.69) is 9.05 Å². The Bertz CT molecular complexity index is 263. The van der Waals surface area contributed by atoms with Gasteiger partial charge in [-0.1, -0.05) is 0 Å². The largest absolute Gasteiger partial charge is 0.389 e. The molecule has 0 atom stereocenters. The first-order valence-corrected chi connectivity index (χ1v) is 6.03. The van der Waals surface area contributed by atoms with Gasteiger partial charge in [0.2, 0.25) is 5.91 Å². The van der Waals surface area contributed by atoms with Gasteiger partial charge in [0.1, 0.15) is 0 Å². The van der Waals surface area contributed by atoms with E-state index in [1.807, 2.05) is 0 Å². The van der Waals surface area contributed by atoms with Gasteiger partial charge >= 0.3 is 6.80 Å². The van der Waals surface area contributed by atoms with Crippen LogP contribution in [0.25, 0.3) is 0 Å². The molecule has 0 aliphatic rings. The van der Waals surface area contributed by atoms with E-state index in [0.29, 0.717) is 11.4 Å². The van der Waals surface area contributed by atoms with Gasteiger partial charge in [0.05, 0.1) is 5.75 Å². The molecule has 1 N–H and O–H groups in total. The molecule has 0 heterocycles. The summed E-state index contributed by atoms with van der Waals surface area (Å²) in [7, 11) is 2.36. The summed E-state index contributed by atoms with van der Waals surface area (Å²) in [5, 5.41) is 1.75. The molecule has 12 heavy (non-hydrogen) atoms. The molecule has 0 spiro atoms. The van der Waals surface area contributed by atoms with Crippen LogP contribution in [-0.4, -0.2) is 32.9 Å². The maximum atomic E-state index is 11.4. The van der Waals surface area contributed by atoms with Crippen molar-refractivity contribution in [3.8, 4) is 0 Å². The molecule has 1 amide bonds. The Hall–Kier alpha value is -0.0300. The fourth-order valence-corrected chi connectivity index (χ4v) is 2.52. The lowest BCUT2D eigenvalue weighted by atomic mass is 10.7. The van der Waals surface area contributed by atoms with Crippen LogP contribution in [0.1, 0.15) is 4.11 Å². The number of carbonyl (C=O) groups excluding carboxylic acids is 1. The van der Waals surface area contributed by atoms with Crippen LogP contribution in [0.2, 0.25) is 0 Å². The van der Waals surface area contributed by atoms with E-state index >= 15 is 0 Å². The van der Waals surface area contributed by atoms with Crippen molar-refractivity contribution in [2.75, 3.05) is 26.9 Å². The van der Waals surface area contributed by atoms with Gasteiger partial charge in [0.15, 0.2) is 0 Å². The van der Waals surface area contributed by atoms with E-state index in [9.17, 15) is 9.36 Å². The van der Waals surface area contributed by atoms with Gasteiger partial charge in [-0.15, -0.1) is 0 Å². The van der Waals surface area contributed by atoms with E-state index < -0.39 is 19.7 Å². The van der Waals surface area contributed by atoms with Crippen LogP contribution in [-0.2, 0) is 18.4 Å². The first-order chi connectivity index (χ1) is 6.72. The summed E-state index contributed by atoms with van der Waals surface area (Å²) in [6.45, 7) is -5.87. The predicted molar refractivity (Wildman–Crippen MR) is 48.1 cm³/mol. The van der Waals surface area contributed by atoms with Gasteiger partial charge in [0.25, 0.3) is 0 Å². The Labute approximate surface area is 79.7 Å². The van der Waals surface area contributed by atoms with Gasteiger partial charge in [-0.2, -0.15) is 0 Å². The molecule has 0 aliphatic carbocycles. The molecule has 0 unspecified atom stereocenters. The zero-order chi connectivity index (χ0) is 12.1. The Morgan fingerprint density at radius 1 is 1.67 bits per heavy atom. The minimum absolute atomic E-state index is 0.308. The number of nitrogens with one attached hydrogen (secondary N) is 1. The Kier molecular flexibility index (Phi) is 3.44. The smallest absolute Gasteiger partial charge is 0.358 e. The number of hydrogen-bond acceptors (Lipinski definition) is 5. The molecule has 0 bridgehead atoms. The minimum Gasteiger partial charge on any atom is -0.358 e. The summed E-state index contributed by atoms with van der Waals surface area (Å²) in [5.74, 6) is -1.06. The van der Waals surface area contributed by atoms with E-state index in [1.165, 1.54) is 14.2 Å². The second-order valence-corrected chi connectivity index (χ2v) is 5.92. The van der Waals surface area contributed by atoms with Gasteiger partial charge < -0.3 is 14.4 Å². The maximum Gasteiger partial charge on any atom is 0.389 e. The van der Waals surface area contributed by atoms with E-state index in [0.717, 1.165) is 0 Å². The van der Waals surface area contributed by atoms with Crippen LogP contribution in [0, 0.1) is 0 Å².